The van der Waals surface area contributed by atoms with Gasteiger partial charge >= 0.3 is 0 Å². The molecule has 1 aliphatic rings. The molecule has 10 heteroatoms. The maximum Gasteiger partial charge on any atom is 0.263 e. The summed E-state index contributed by atoms with van der Waals surface area (Å²) >= 11 is 7.36. The van der Waals surface area contributed by atoms with Crippen LogP contribution in [0.2, 0.25) is 5.02 Å². The second-order valence-corrected chi connectivity index (χ2v) is 10.0. The maximum atomic E-state index is 12.5. The van der Waals surface area contributed by atoms with Crippen LogP contribution in [0.5, 0.6) is 0 Å². The molecule has 0 saturated carbocycles. The molecule has 0 amide bonds. The summed E-state index contributed by atoms with van der Waals surface area (Å²) in [5, 5.41) is 4.06. The van der Waals surface area contributed by atoms with E-state index < -0.39 is 10.0 Å². The Morgan fingerprint density at radius 1 is 1.13 bits per heavy atom. The van der Waals surface area contributed by atoms with Gasteiger partial charge in [-0.25, -0.2) is 13.4 Å². The lowest BCUT2D eigenvalue weighted by Crippen LogP contribution is -2.38. The number of halogens is 1. The quantitative estimate of drug-likeness (QED) is 0.549. The van der Waals surface area contributed by atoms with Crippen molar-refractivity contribution in [2.45, 2.75) is 30.3 Å². The average Bonchev–Trinajstić information content (AvgIpc) is 3.24. The lowest BCUT2D eigenvalue weighted by Gasteiger charge is -2.33. The fourth-order valence-corrected chi connectivity index (χ4v) is 5.46. The first-order chi connectivity index (χ1) is 14.5. The molecule has 0 radical (unpaired) electrons. The number of hydrogen-bond acceptors (Lipinski definition) is 7. The van der Waals surface area contributed by atoms with Crippen molar-refractivity contribution in [2.75, 3.05) is 23.1 Å². The number of rotatable bonds is 7. The number of anilines is 2. The predicted octanol–water partition coefficient (Wildman–Crippen LogP) is 4.07. The Kier molecular flexibility index (Phi) is 6.52. The largest absolute Gasteiger partial charge is 0.381 e. The standard InChI is InChI=1S/C20H22ClN5O2S2/c21-18-12-17(30(27,28)25-20-22-14-23-29-20)6-7-19(18)24-16-8-10-26(11-9-16)13-15-4-2-1-3-5-15/h1-7,12,14,16,24H,8-11,13H2,(H,22,23,25). The average molecular weight is 464 g/mol. The first-order valence-corrected chi connectivity index (χ1v) is 12.2. The van der Waals surface area contributed by atoms with Crippen molar-refractivity contribution in [3.05, 3.63) is 65.4 Å². The van der Waals surface area contributed by atoms with E-state index in [9.17, 15) is 8.42 Å². The van der Waals surface area contributed by atoms with E-state index in [1.807, 2.05) is 6.07 Å². The third kappa shape index (κ3) is 5.28. The summed E-state index contributed by atoms with van der Waals surface area (Å²) in [6, 6.07) is 15.5. The zero-order chi connectivity index (χ0) is 21.0. The Bertz CT molecular complexity index is 1070. The highest BCUT2D eigenvalue weighted by Gasteiger charge is 2.21. The van der Waals surface area contributed by atoms with Crippen LogP contribution >= 0.6 is 23.1 Å². The Balaban J connectivity index is 1.34. The summed E-state index contributed by atoms with van der Waals surface area (Å²) in [5.41, 5.74) is 2.07. The highest BCUT2D eigenvalue weighted by molar-refractivity contribution is 7.93. The van der Waals surface area contributed by atoms with Gasteiger partial charge in [0.15, 0.2) is 0 Å². The van der Waals surface area contributed by atoms with Gasteiger partial charge in [-0.05, 0) is 36.6 Å². The van der Waals surface area contributed by atoms with Gasteiger partial charge < -0.3 is 5.32 Å². The number of hydrogen-bond donors (Lipinski definition) is 2. The molecule has 30 heavy (non-hydrogen) atoms. The number of likely N-dealkylation sites (tertiary alicyclic amines) is 1. The van der Waals surface area contributed by atoms with Gasteiger partial charge in [-0.15, -0.1) is 0 Å². The summed E-state index contributed by atoms with van der Waals surface area (Å²) in [6.45, 7) is 2.97. The second-order valence-electron chi connectivity index (χ2n) is 7.17. The lowest BCUT2D eigenvalue weighted by molar-refractivity contribution is 0.211. The van der Waals surface area contributed by atoms with Crippen molar-refractivity contribution in [3.8, 4) is 0 Å². The van der Waals surface area contributed by atoms with Gasteiger partial charge in [0.2, 0.25) is 5.13 Å². The van der Waals surface area contributed by atoms with Crippen LogP contribution in [-0.4, -0.2) is 41.8 Å². The van der Waals surface area contributed by atoms with Crippen molar-refractivity contribution >= 4 is 44.0 Å². The SMILES string of the molecule is O=S(=O)(Nc1ncns1)c1ccc(NC2CCN(Cc3ccccc3)CC2)c(Cl)c1. The molecule has 0 atom stereocenters. The summed E-state index contributed by atoms with van der Waals surface area (Å²) < 4.78 is 31.2. The zero-order valence-electron chi connectivity index (χ0n) is 16.2. The molecule has 0 bridgehead atoms. The van der Waals surface area contributed by atoms with E-state index in [-0.39, 0.29) is 10.0 Å². The molecule has 3 aromatic rings. The highest BCUT2D eigenvalue weighted by Crippen LogP contribution is 2.28. The van der Waals surface area contributed by atoms with E-state index in [1.165, 1.54) is 18.0 Å². The summed E-state index contributed by atoms with van der Waals surface area (Å²) in [7, 11) is -3.75. The normalized spacial score (nSPS) is 15.8. The molecule has 7 nitrogen and oxygen atoms in total. The molecule has 1 aromatic heterocycles. The van der Waals surface area contributed by atoms with E-state index in [1.54, 1.807) is 12.1 Å². The van der Waals surface area contributed by atoms with Crippen molar-refractivity contribution in [1.82, 2.24) is 14.3 Å². The molecule has 1 saturated heterocycles. The topological polar surface area (TPSA) is 87.2 Å². The zero-order valence-corrected chi connectivity index (χ0v) is 18.6. The Labute approximate surface area is 185 Å². The second kappa shape index (κ2) is 9.30. The number of benzene rings is 2. The predicted molar refractivity (Wildman–Crippen MR) is 121 cm³/mol. The van der Waals surface area contributed by atoms with E-state index in [2.05, 4.69) is 48.6 Å². The molecule has 2 heterocycles. The van der Waals surface area contributed by atoms with Gasteiger partial charge in [-0.2, -0.15) is 4.37 Å². The molecule has 1 aliphatic heterocycles. The Morgan fingerprint density at radius 2 is 1.90 bits per heavy atom. The molecule has 0 aliphatic carbocycles. The smallest absolute Gasteiger partial charge is 0.263 e. The van der Waals surface area contributed by atoms with Gasteiger partial charge in [0, 0.05) is 37.2 Å². The third-order valence-electron chi connectivity index (χ3n) is 5.03. The third-order valence-corrected chi connectivity index (χ3v) is 7.39. The minimum absolute atomic E-state index is 0.0888. The summed E-state index contributed by atoms with van der Waals surface area (Å²) in [4.78, 5) is 6.38. The van der Waals surface area contributed by atoms with Crippen LogP contribution in [0.15, 0.2) is 59.8 Å². The minimum Gasteiger partial charge on any atom is -0.381 e. The first-order valence-electron chi connectivity index (χ1n) is 9.61. The number of sulfonamides is 1. The van der Waals surface area contributed by atoms with E-state index in [0.29, 0.717) is 11.1 Å². The van der Waals surface area contributed by atoms with Crippen molar-refractivity contribution in [2.24, 2.45) is 0 Å². The summed E-state index contributed by atoms with van der Waals surface area (Å²) in [5.74, 6) is 0. The van der Waals surface area contributed by atoms with Crippen molar-refractivity contribution in [3.63, 3.8) is 0 Å². The molecule has 4 rings (SSSR count). The van der Waals surface area contributed by atoms with Crippen molar-refractivity contribution < 1.29 is 8.42 Å². The van der Waals surface area contributed by atoms with E-state index >= 15 is 0 Å². The van der Waals surface area contributed by atoms with Crippen LogP contribution in [0.25, 0.3) is 0 Å². The van der Waals surface area contributed by atoms with Gasteiger partial charge in [-0.3, -0.25) is 9.62 Å². The molecule has 0 unspecified atom stereocenters. The van der Waals surface area contributed by atoms with Gasteiger partial charge in [0.25, 0.3) is 10.0 Å². The van der Waals surface area contributed by atoms with Crippen LogP contribution in [0, 0.1) is 0 Å². The number of aromatic nitrogens is 2. The van der Waals surface area contributed by atoms with Crippen LogP contribution in [0.3, 0.4) is 0 Å². The van der Waals surface area contributed by atoms with E-state index in [4.69, 9.17) is 11.6 Å². The number of nitrogens with one attached hydrogen (secondary N) is 2. The maximum absolute atomic E-state index is 12.5. The molecule has 2 N–H and O–H groups in total. The fourth-order valence-electron chi connectivity index (χ4n) is 3.47. The van der Waals surface area contributed by atoms with Crippen LogP contribution < -0.4 is 10.0 Å². The van der Waals surface area contributed by atoms with Crippen LogP contribution in [-0.2, 0) is 16.6 Å². The Morgan fingerprint density at radius 3 is 2.57 bits per heavy atom. The molecule has 1 fully saturated rings. The number of piperidine rings is 1. The monoisotopic (exact) mass is 463 g/mol. The highest BCUT2D eigenvalue weighted by atomic mass is 35.5. The molecule has 2 aromatic carbocycles. The van der Waals surface area contributed by atoms with Crippen LogP contribution in [0.4, 0.5) is 10.8 Å². The molecular weight excluding hydrogens is 442 g/mol. The van der Waals surface area contributed by atoms with E-state index in [0.717, 1.165) is 49.7 Å². The Hall–Kier alpha value is -2.20. The summed E-state index contributed by atoms with van der Waals surface area (Å²) in [6.07, 6.45) is 3.30. The lowest BCUT2D eigenvalue weighted by atomic mass is 10.0. The van der Waals surface area contributed by atoms with Crippen LogP contribution in [0.1, 0.15) is 18.4 Å². The van der Waals surface area contributed by atoms with Gasteiger partial charge in [-0.1, -0.05) is 41.9 Å². The first kappa shape index (κ1) is 21.0. The van der Waals surface area contributed by atoms with Gasteiger partial charge in [0.05, 0.1) is 15.6 Å². The molecule has 0 spiro atoms. The van der Waals surface area contributed by atoms with Crippen molar-refractivity contribution in [1.29, 1.82) is 0 Å². The molecule has 158 valence electrons. The minimum atomic E-state index is -3.75. The fraction of sp³-hybridized carbons (Fsp3) is 0.300. The molecular formula is C20H22ClN5O2S2. The number of nitrogens with zero attached hydrogens (tertiary/aromatic N) is 3. The van der Waals surface area contributed by atoms with Gasteiger partial charge in [0.1, 0.15) is 6.33 Å².